The Morgan fingerprint density at radius 1 is 1.30 bits per heavy atom. The third-order valence-corrected chi connectivity index (χ3v) is 2.25. The normalized spacial score (nSPS) is 10.9. The van der Waals surface area contributed by atoms with Crippen LogP contribution in [0.15, 0.2) is 30.3 Å². The van der Waals surface area contributed by atoms with E-state index in [1.807, 2.05) is 13.1 Å². The first-order valence-corrected chi connectivity index (χ1v) is 4.57. The molecule has 1 atom stereocenters. The molecule has 0 aromatic heterocycles. The summed E-state index contributed by atoms with van der Waals surface area (Å²) in [4.78, 5) is 0. The van der Waals surface area contributed by atoms with Crippen molar-refractivity contribution in [1.29, 1.82) is 0 Å². The van der Waals surface area contributed by atoms with Crippen molar-refractivity contribution in [3.05, 3.63) is 35.9 Å². The Labute approximate surface area is 63.7 Å². The fraction of sp³-hybridized carbons (Fsp3) is 0.250. The molecule has 0 aliphatic carbocycles. The predicted molar refractivity (Wildman–Crippen MR) is 47.5 cm³/mol. The largest absolute Gasteiger partial charge is 0.301 e. The minimum atomic E-state index is 0.842. The van der Waals surface area contributed by atoms with Crippen molar-refractivity contribution in [3.63, 3.8) is 0 Å². The quantitative estimate of drug-likeness (QED) is 0.655. The summed E-state index contributed by atoms with van der Waals surface area (Å²) in [7, 11) is 2.83. The van der Waals surface area contributed by atoms with Crippen molar-refractivity contribution in [1.82, 2.24) is 5.09 Å². The highest BCUT2D eigenvalue weighted by molar-refractivity contribution is 7.34. The molecule has 1 aromatic carbocycles. The fourth-order valence-electron chi connectivity index (χ4n) is 0.786. The van der Waals surface area contributed by atoms with Crippen LogP contribution in [0.25, 0.3) is 0 Å². The van der Waals surface area contributed by atoms with E-state index >= 15 is 0 Å². The smallest absolute Gasteiger partial charge is 0.00299 e. The zero-order valence-corrected chi connectivity index (χ0v) is 7.09. The molecule has 0 heterocycles. The number of hydrogen-bond donors (Lipinski definition) is 1. The van der Waals surface area contributed by atoms with E-state index in [4.69, 9.17) is 0 Å². The van der Waals surface area contributed by atoms with Crippen LogP contribution in [0.1, 0.15) is 5.56 Å². The van der Waals surface area contributed by atoms with E-state index in [0.717, 1.165) is 14.9 Å². The number of rotatable bonds is 3. The van der Waals surface area contributed by atoms with Crippen LogP contribution >= 0.6 is 8.73 Å². The molecule has 0 bridgehead atoms. The molecule has 1 nitrogen and oxygen atoms in total. The molecule has 0 amide bonds. The number of nitrogens with one attached hydrogen (secondary N) is 1. The van der Waals surface area contributed by atoms with E-state index < -0.39 is 0 Å². The monoisotopic (exact) mass is 153 g/mol. The molecule has 0 fully saturated rings. The van der Waals surface area contributed by atoms with Gasteiger partial charge in [-0.3, -0.25) is 0 Å². The van der Waals surface area contributed by atoms with Crippen molar-refractivity contribution in [2.75, 3.05) is 7.05 Å². The lowest BCUT2D eigenvalue weighted by Crippen LogP contribution is -1.88. The Balaban J connectivity index is 2.43. The lowest BCUT2D eigenvalue weighted by molar-refractivity contribution is 1.25. The minimum absolute atomic E-state index is 0.842. The summed E-state index contributed by atoms with van der Waals surface area (Å²) < 4.78 is 0. The second-order valence-electron chi connectivity index (χ2n) is 2.09. The van der Waals surface area contributed by atoms with Crippen LogP contribution in [0.2, 0.25) is 0 Å². The highest BCUT2D eigenvalue weighted by Gasteiger charge is 1.86. The summed E-state index contributed by atoms with van der Waals surface area (Å²) in [6, 6.07) is 10.5. The predicted octanol–water partition coefficient (Wildman–Crippen LogP) is 2.00. The van der Waals surface area contributed by atoms with Gasteiger partial charge in [0.15, 0.2) is 0 Å². The molecule has 10 heavy (non-hydrogen) atoms. The van der Waals surface area contributed by atoms with Crippen LogP contribution in [0.4, 0.5) is 0 Å². The molecular formula is C8H12NP. The van der Waals surface area contributed by atoms with Crippen LogP contribution in [0, 0.1) is 0 Å². The average molecular weight is 153 g/mol. The van der Waals surface area contributed by atoms with Gasteiger partial charge in [-0.2, -0.15) is 0 Å². The molecule has 1 aromatic rings. The van der Waals surface area contributed by atoms with E-state index in [9.17, 15) is 0 Å². The molecule has 0 saturated carbocycles. The summed E-state index contributed by atoms with van der Waals surface area (Å²) in [5.74, 6) is 0. The first-order valence-electron chi connectivity index (χ1n) is 3.37. The Morgan fingerprint density at radius 3 is 2.60 bits per heavy atom. The van der Waals surface area contributed by atoms with Crippen molar-refractivity contribution in [2.24, 2.45) is 0 Å². The van der Waals surface area contributed by atoms with Crippen molar-refractivity contribution in [3.8, 4) is 0 Å². The SMILES string of the molecule is CNPCc1ccccc1. The lowest BCUT2D eigenvalue weighted by atomic mass is 10.2. The van der Waals surface area contributed by atoms with Crippen molar-refractivity contribution < 1.29 is 0 Å². The maximum Gasteiger partial charge on any atom is 0.00299 e. The van der Waals surface area contributed by atoms with E-state index in [0.29, 0.717) is 0 Å². The molecule has 0 aliphatic rings. The van der Waals surface area contributed by atoms with Crippen molar-refractivity contribution >= 4 is 8.73 Å². The fourth-order valence-corrected chi connectivity index (χ4v) is 1.40. The highest BCUT2D eigenvalue weighted by Crippen LogP contribution is 2.12. The molecule has 0 spiro atoms. The summed E-state index contributed by atoms with van der Waals surface area (Å²) in [6.07, 6.45) is 1.15. The maximum absolute atomic E-state index is 3.14. The topological polar surface area (TPSA) is 12.0 Å². The second-order valence-corrected chi connectivity index (χ2v) is 3.30. The number of benzene rings is 1. The van der Waals surface area contributed by atoms with Gasteiger partial charge in [-0.25, -0.2) is 0 Å². The summed E-state index contributed by atoms with van der Waals surface area (Å²) in [5, 5.41) is 3.14. The molecule has 54 valence electrons. The molecular weight excluding hydrogens is 141 g/mol. The van der Waals surface area contributed by atoms with Gasteiger partial charge in [0.2, 0.25) is 0 Å². The lowest BCUT2D eigenvalue weighted by Gasteiger charge is -1.97. The van der Waals surface area contributed by atoms with E-state index in [-0.39, 0.29) is 0 Å². The Morgan fingerprint density at radius 2 is 2.00 bits per heavy atom. The molecule has 1 N–H and O–H groups in total. The summed E-state index contributed by atoms with van der Waals surface area (Å²) in [6.45, 7) is 0. The number of hydrogen-bond acceptors (Lipinski definition) is 1. The second kappa shape index (κ2) is 4.43. The van der Waals surface area contributed by atoms with Crippen LogP contribution in [0.3, 0.4) is 0 Å². The molecule has 2 heteroatoms. The van der Waals surface area contributed by atoms with Crippen LogP contribution in [0.5, 0.6) is 0 Å². The van der Waals surface area contributed by atoms with Gasteiger partial charge in [-0.05, 0) is 21.3 Å². The van der Waals surface area contributed by atoms with E-state index in [1.165, 1.54) is 5.56 Å². The standard InChI is InChI=1S/C8H12NP/c1-9-10-7-8-5-3-2-4-6-8/h2-6,9-10H,7H2,1H3. The van der Waals surface area contributed by atoms with Gasteiger partial charge in [0.25, 0.3) is 0 Å². The van der Waals surface area contributed by atoms with Crippen LogP contribution in [-0.4, -0.2) is 7.05 Å². The molecule has 0 saturated heterocycles. The van der Waals surface area contributed by atoms with Crippen LogP contribution in [-0.2, 0) is 6.16 Å². The third-order valence-electron chi connectivity index (χ3n) is 1.31. The molecule has 0 radical (unpaired) electrons. The Kier molecular flexibility index (Phi) is 3.42. The Hall–Kier alpha value is -0.390. The van der Waals surface area contributed by atoms with Gasteiger partial charge in [-0.1, -0.05) is 30.3 Å². The van der Waals surface area contributed by atoms with Gasteiger partial charge in [0.05, 0.1) is 0 Å². The first kappa shape index (κ1) is 7.71. The first-order chi connectivity index (χ1) is 4.93. The van der Waals surface area contributed by atoms with Gasteiger partial charge >= 0.3 is 0 Å². The van der Waals surface area contributed by atoms with Gasteiger partial charge in [-0.15, -0.1) is 0 Å². The Bertz CT molecular complexity index is 174. The zero-order chi connectivity index (χ0) is 7.23. The van der Waals surface area contributed by atoms with Crippen molar-refractivity contribution in [2.45, 2.75) is 6.16 Å². The third kappa shape index (κ3) is 2.47. The summed E-state index contributed by atoms with van der Waals surface area (Å²) >= 11 is 0. The van der Waals surface area contributed by atoms with Gasteiger partial charge in [0.1, 0.15) is 0 Å². The van der Waals surface area contributed by atoms with Gasteiger partial charge in [0, 0.05) is 6.16 Å². The van der Waals surface area contributed by atoms with Gasteiger partial charge < -0.3 is 5.09 Å². The summed E-state index contributed by atoms with van der Waals surface area (Å²) in [5.41, 5.74) is 1.41. The maximum atomic E-state index is 3.14. The van der Waals surface area contributed by atoms with E-state index in [1.54, 1.807) is 0 Å². The van der Waals surface area contributed by atoms with Crippen LogP contribution < -0.4 is 5.09 Å². The minimum Gasteiger partial charge on any atom is -0.301 e. The molecule has 0 aliphatic heterocycles. The van der Waals surface area contributed by atoms with E-state index in [2.05, 4.69) is 29.4 Å². The molecule has 1 unspecified atom stereocenters. The highest BCUT2D eigenvalue weighted by atomic mass is 31.1. The zero-order valence-electron chi connectivity index (χ0n) is 6.09. The molecule has 1 rings (SSSR count). The average Bonchev–Trinajstić information content (AvgIpc) is 2.03.